The van der Waals surface area contributed by atoms with Crippen LogP contribution in [0.5, 0.6) is 0 Å². The summed E-state index contributed by atoms with van der Waals surface area (Å²) in [6, 6.07) is 7.94. The number of nitrogens with zero attached hydrogens (tertiary/aromatic N) is 1. The molecule has 0 fully saturated rings. The minimum atomic E-state index is -0.345. The molecule has 4 nitrogen and oxygen atoms in total. The zero-order valence-corrected chi connectivity index (χ0v) is 13.3. The average Bonchev–Trinajstić information content (AvgIpc) is 2.82. The fourth-order valence-corrected chi connectivity index (χ4v) is 2.42. The van der Waals surface area contributed by atoms with E-state index in [9.17, 15) is 4.79 Å². The fourth-order valence-electron chi connectivity index (χ4n) is 2.15. The molecule has 106 valence electrons. The third-order valence-electron chi connectivity index (χ3n) is 3.24. The molecule has 5 heteroatoms. The molecule has 20 heavy (non-hydrogen) atoms. The first-order chi connectivity index (χ1) is 9.56. The van der Waals surface area contributed by atoms with E-state index in [4.69, 9.17) is 4.74 Å². The Bertz CT molecular complexity index is 605. The van der Waals surface area contributed by atoms with E-state index in [1.807, 2.05) is 38.1 Å². The predicted octanol–water partition coefficient (Wildman–Crippen LogP) is 3.81. The fraction of sp³-hybridized carbons (Fsp3) is 0.333. The summed E-state index contributed by atoms with van der Waals surface area (Å²) in [5.41, 5.74) is 2.84. The molecule has 1 heterocycles. The zero-order chi connectivity index (χ0) is 14.7. The summed E-state index contributed by atoms with van der Waals surface area (Å²) in [4.78, 5) is 19.5. The lowest BCUT2D eigenvalue weighted by atomic mass is 10.1. The molecule has 1 atom stereocenters. The summed E-state index contributed by atoms with van der Waals surface area (Å²) in [5, 5.41) is 0. The number of aromatic amines is 1. The van der Waals surface area contributed by atoms with Crippen LogP contribution >= 0.6 is 15.9 Å². The molecule has 0 amide bonds. The van der Waals surface area contributed by atoms with Crippen molar-refractivity contribution >= 4 is 21.9 Å². The topological polar surface area (TPSA) is 55.0 Å². The van der Waals surface area contributed by atoms with E-state index >= 15 is 0 Å². The molecule has 2 rings (SSSR count). The monoisotopic (exact) mass is 336 g/mol. The number of benzene rings is 1. The number of carbonyl (C=O) groups is 1. The van der Waals surface area contributed by atoms with Crippen LogP contribution in [-0.2, 0) is 9.53 Å². The molecule has 0 aliphatic rings. The normalized spacial score (nSPS) is 12.2. The molecule has 0 aliphatic carbocycles. The summed E-state index contributed by atoms with van der Waals surface area (Å²) in [5.74, 6) is 0.0567. The Balaban J connectivity index is 2.38. The van der Waals surface area contributed by atoms with Crippen molar-refractivity contribution in [2.75, 3.05) is 7.11 Å². The largest absolute Gasteiger partial charge is 0.468 e. The second-order valence-electron chi connectivity index (χ2n) is 4.59. The summed E-state index contributed by atoms with van der Waals surface area (Å²) in [7, 11) is 1.40. The van der Waals surface area contributed by atoms with E-state index in [-0.39, 0.29) is 11.9 Å². The van der Waals surface area contributed by atoms with Gasteiger partial charge in [0.05, 0.1) is 12.8 Å². The van der Waals surface area contributed by atoms with Gasteiger partial charge in [-0.05, 0) is 25.5 Å². The number of aromatic nitrogens is 2. The lowest BCUT2D eigenvalue weighted by Crippen LogP contribution is -2.14. The molecule has 2 aromatic rings. The average molecular weight is 337 g/mol. The quantitative estimate of drug-likeness (QED) is 0.863. The first-order valence-electron chi connectivity index (χ1n) is 6.47. The molecule has 0 spiro atoms. The highest BCUT2D eigenvalue weighted by Crippen LogP contribution is 2.27. The van der Waals surface area contributed by atoms with Crippen molar-refractivity contribution in [1.29, 1.82) is 0 Å². The second-order valence-corrected chi connectivity index (χ2v) is 5.50. The Morgan fingerprint density at radius 2 is 2.05 bits per heavy atom. The Labute approximate surface area is 126 Å². The molecular weight excluding hydrogens is 320 g/mol. The zero-order valence-electron chi connectivity index (χ0n) is 11.7. The van der Waals surface area contributed by atoms with Gasteiger partial charge in [-0.1, -0.05) is 35.0 Å². The number of nitrogens with one attached hydrogen (secondary N) is 1. The minimum absolute atomic E-state index is 0.261. The third kappa shape index (κ3) is 2.93. The molecule has 0 saturated carbocycles. The van der Waals surface area contributed by atoms with Crippen LogP contribution in [-0.4, -0.2) is 23.0 Å². The van der Waals surface area contributed by atoms with Gasteiger partial charge < -0.3 is 9.72 Å². The van der Waals surface area contributed by atoms with Gasteiger partial charge in [0.25, 0.3) is 0 Å². The highest BCUT2D eigenvalue weighted by atomic mass is 79.9. The number of H-pyrrole nitrogens is 1. The Kier molecular flexibility index (Phi) is 4.60. The van der Waals surface area contributed by atoms with Gasteiger partial charge in [-0.2, -0.15) is 0 Å². The molecule has 0 saturated heterocycles. The van der Waals surface area contributed by atoms with Gasteiger partial charge in [-0.15, -0.1) is 0 Å². The molecule has 0 aliphatic heterocycles. The first kappa shape index (κ1) is 14.8. The highest BCUT2D eigenvalue weighted by molar-refractivity contribution is 9.10. The van der Waals surface area contributed by atoms with E-state index < -0.39 is 0 Å². The number of halogens is 1. The van der Waals surface area contributed by atoms with E-state index in [2.05, 4.69) is 25.9 Å². The number of esters is 1. The van der Waals surface area contributed by atoms with Crippen molar-refractivity contribution in [1.82, 2.24) is 9.97 Å². The molecule has 1 unspecified atom stereocenters. The Hall–Kier alpha value is -1.62. The maximum absolute atomic E-state index is 11.8. The number of hydrogen-bond donors (Lipinski definition) is 1. The van der Waals surface area contributed by atoms with Gasteiger partial charge in [-0.25, -0.2) is 4.98 Å². The van der Waals surface area contributed by atoms with Crippen LogP contribution in [0.25, 0.3) is 11.3 Å². The van der Waals surface area contributed by atoms with Gasteiger partial charge >= 0.3 is 5.97 Å². The number of carbonyl (C=O) groups excluding carboxylic acids is 1. The highest BCUT2D eigenvalue weighted by Gasteiger charge is 2.24. The van der Waals surface area contributed by atoms with E-state index in [1.165, 1.54) is 7.11 Å². The second kappa shape index (κ2) is 6.22. The van der Waals surface area contributed by atoms with Gasteiger partial charge in [0.15, 0.2) is 0 Å². The van der Waals surface area contributed by atoms with Gasteiger partial charge in [-0.3, -0.25) is 4.79 Å². The predicted molar refractivity (Wildman–Crippen MR) is 81.5 cm³/mol. The number of hydrogen-bond acceptors (Lipinski definition) is 3. The van der Waals surface area contributed by atoms with E-state index in [0.717, 1.165) is 21.4 Å². The van der Waals surface area contributed by atoms with Crippen molar-refractivity contribution in [2.24, 2.45) is 0 Å². The summed E-state index contributed by atoms with van der Waals surface area (Å²) < 4.78 is 5.85. The van der Waals surface area contributed by atoms with Crippen LogP contribution in [0.3, 0.4) is 0 Å². The standard InChI is InChI=1S/C15H17BrN2O2/c1-4-12(15(19)20-3)14-17-9(2)13(18-14)10-5-7-11(16)8-6-10/h5-8,12H,4H2,1-3H3,(H,17,18). The van der Waals surface area contributed by atoms with Gasteiger partial charge in [0, 0.05) is 15.7 Å². The lowest BCUT2D eigenvalue weighted by molar-refractivity contribution is -0.142. The van der Waals surface area contributed by atoms with Crippen molar-refractivity contribution in [3.05, 3.63) is 40.3 Å². The number of imidazole rings is 1. The van der Waals surface area contributed by atoms with Gasteiger partial charge in [0.2, 0.25) is 0 Å². The maximum atomic E-state index is 11.8. The molecule has 1 aromatic carbocycles. The third-order valence-corrected chi connectivity index (χ3v) is 3.77. The smallest absolute Gasteiger partial charge is 0.316 e. The molecular formula is C15H17BrN2O2. The van der Waals surface area contributed by atoms with Crippen LogP contribution in [0.15, 0.2) is 28.7 Å². The molecule has 0 radical (unpaired) electrons. The van der Waals surface area contributed by atoms with E-state index in [0.29, 0.717) is 12.2 Å². The molecule has 0 bridgehead atoms. The van der Waals surface area contributed by atoms with E-state index in [1.54, 1.807) is 0 Å². The van der Waals surface area contributed by atoms with Crippen molar-refractivity contribution in [3.8, 4) is 11.3 Å². The number of ether oxygens (including phenoxy) is 1. The van der Waals surface area contributed by atoms with Gasteiger partial charge in [0.1, 0.15) is 11.7 Å². The number of aryl methyl sites for hydroxylation is 1. The Morgan fingerprint density at radius 3 is 2.60 bits per heavy atom. The summed E-state index contributed by atoms with van der Waals surface area (Å²) in [6.07, 6.45) is 0.652. The van der Waals surface area contributed by atoms with Crippen LogP contribution in [0, 0.1) is 6.92 Å². The first-order valence-corrected chi connectivity index (χ1v) is 7.26. The lowest BCUT2D eigenvalue weighted by Gasteiger charge is -2.08. The summed E-state index contributed by atoms with van der Waals surface area (Å²) in [6.45, 7) is 3.90. The maximum Gasteiger partial charge on any atom is 0.316 e. The Morgan fingerprint density at radius 1 is 1.40 bits per heavy atom. The SMILES string of the molecule is CCC(C(=O)OC)c1nc(-c2ccc(Br)cc2)c(C)[nH]1. The van der Waals surface area contributed by atoms with Crippen LogP contribution in [0.4, 0.5) is 0 Å². The van der Waals surface area contributed by atoms with Crippen molar-refractivity contribution in [3.63, 3.8) is 0 Å². The summed E-state index contributed by atoms with van der Waals surface area (Å²) >= 11 is 3.42. The minimum Gasteiger partial charge on any atom is -0.468 e. The number of rotatable bonds is 4. The van der Waals surface area contributed by atoms with Crippen LogP contribution in [0.1, 0.15) is 30.8 Å². The number of methoxy groups -OCH3 is 1. The van der Waals surface area contributed by atoms with Crippen molar-refractivity contribution < 1.29 is 9.53 Å². The van der Waals surface area contributed by atoms with Crippen molar-refractivity contribution in [2.45, 2.75) is 26.2 Å². The van der Waals surface area contributed by atoms with Crippen LogP contribution < -0.4 is 0 Å². The molecule has 1 N–H and O–H groups in total. The van der Waals surface area contributed by atoms with Crippen LogP contribution in [0.2, 0.25) is 0 Å². The molecule has 1 aromatic heterocycles.